The van der Waals surface area contributed by atoms with Gasteiger partial charge in [0.1, 0.15) is 6.33 Å². The fourth-order valence-electron chi connectivity index (χ4n) is 0.863. The van der Waals surface area contributed by atoms with Crippen molar-refractivity contribution < 1.29 is 17.9 Å². The van der Waals surface area contributed by atoms with Crippen LogP contribution in [0.25, 0.3) is 5.76 Å². The van der Waals surface area contributed by atoms with Gasteiger partial charge >= 0.3 is 6.18 Å². The molecule has 1 aromatic heterocycles. The van der Waals surface area contributed by atoms with Crippen LogP contribution in [-0.2, 0) is 11.3 Å². The van der Waals surface area contributed by atoms with Crippen molar-refractivity contribution in [3.05, 3.63) is 18.7 Å². The largest absolute Gasteiger partial charge is 0.493 e. The van der Waals surface area contributed by atoms with E-state index in [9.17, 15) is 13.2 Å². The molecule has 0 saturated carbocycles. The summed E-state index contributed by atoms with van der Waals surface area (Å²) in [5.41, 5.74) is 0. The van der Waals surface area contributed by atoms with Gasteiger partial charge in [-0.25, -0.2) is 4.98 Å². The third-order valence-corrected chi connectivity index (χ3v) is 1.66. The van der Waals surface area contributed by atoms with E-state index in [-0.39, 0.29) is 18.1 Å². The van der Waals surface area contributed by atoms with Crippen molar-refractivity contribution in [1.82, 2.24) is 14.8 Å². The summed E-state index contributed by atoms with van der Waals surface area (Å²) in [6.07, 6.45) is -3.91. The molecule has 0 aliphatic rings. The van der Waals surface area contributed by atoms with Crippen LogP contribution >= 0.6 is 0 Å². The molecule has 0 aliphatic carbocycles. The highest BCUT2D eigenvalue weighted by molar-refractivity contribution is 5.48. The molecule has 1 rings (SSSR count). The highest BCUT2D eigenvalue weighted by Crippen LogP contribution is 2.20. The molecule has 0 aromatic carbocycles. The molecule has 1 heterocycles. The van der Waals surface area contributed by atoms with E-state index in [1.165, 1.54) is 13.4 Å². The summed E-state index contributed by atoms with van der Waals surface area (Å²) in [7, 11) is 1.39. The lowest BCUT2D eigenvalue weighted by atomic mass is 10.4. The summed E-state index contributed by atoms with van der Waals surface area (Å²) in [5, 5.41) is 3.77. The lowest BCUT2D eigenvalue weighted by molar-refractivity contribution is -0.137. The van der Waals surface area contributed by atoms with Crippen molar-refractivity contribution in [2.45, 2.75) is 19.1 Å². The lowest BCUT2D eigenvalue weighted by Gasteiger charge is -2.04. The lowest BCUT2D eigenvalue weighted by Crippen LogP contribution is -2.12. The Hall–Kier alpha value is -1.53. The molecule has 0 aliphatic heterocycles. The molecule has 84 valence electrons. The second-order valence-corrected chi connectivity index (χ2v) is 2.82. The highest BCUT2D eigenvalue weighted by atomic mass is 19.4. The molecule has 0 fully saturated rings. The number of rotatable bonds is 4. The minimum atomic E-state index is -4.19. The Morgan fingerprint density at radius 1 is 1.60 bits per heavy atom. The number of aryl methyl sites for hydroxylation is 1. The molecule has 15 heavy (non-hydrogen) atoms. The third-order valence-electron chi connectivity index (χ3n) is 1.66. The van der Waals surface area contributed by atoms with Crippen molar-refractivity contribution in [2.75, 3.05) is 7.11 Å². The summed E-state index contributed by atoms with van der Waals surface area (Å²) in [6.45, 7) is 3.23. The minimum absolute atomic E-state index is 0.194. The maximum Gasteiger partial charge on any atom is 0.390 e. The Morgan fingerprint density at radius 3 is 2.80 bits per heavy atom. The Balaban J connectivity index is 2.57. The standard InChI is InChI=1S/C8H10F3N3O/c1-6(15-2)7-12-5-14(13-7)4-3-8(9,10)11/h5H,1,3-4H2,2H3. The van der Waals surface area contributed by atoms with Gasteiger partial charge in [0, 0.05) is 0 Å². The number of methoxy groups -OCH3 is 1. The smallest absolute Gasteiger partial charge is 0.390 e. The predicted octanol–water partition coefficient (Wildman–Crippen LogP) is 1.85. The fraction of sp³-hybridized carbons (Fsp3) is 0.500. The first-order valence-corrected chi connectivity index (χ1v) is 4.12. The Kier molecular flexibility index (Phi) is 3.33. The molecule has 0 N–H and O–H groups in total. The normalized spacial score (nSPS) is 11.5. The fourth-order valence-corrected chi connectivity index (χ4v) is 0.863. The Bertz CT molecular complexity index is 345. The number of aromatic nitrogens is 3. The van der Waals surface area contributed by atoms with E-state index in [2.05, 4.69) is 16.7 Å². The molecule has 0 amide bonds. The first kappa shape index (κ1) is 11.5. The summed E-state index contributed by atoms with van der Waals surface area (Å²) in [5.74, 6) is 0.417. The van der Waals surface area contributed by atoms with E-state index in [0.717, 1.165) is 4.68 Å². The monoisotopic (exact) mass is 221 g/mol. The zero-order valence-corrected chi connectivity index (χ0v) is 8.08. The van der Waals surface area contributed by atoms with Crippen LogP contribution in [0.4, 0.5) is 13.2 Å². The van der Waals surface area contributed by atoms with Crippen LogP contribution in [0.2, 0.25) is 0 Å². The molecule has 0 saturated heterocycles. The third kappa shape index (κ3) is 3.61. The molecule has 4 nitrogen and oxygen atoms in total. The van der Waals surface area contributed by atoms with E-state index < -0.39 is 12.6 Å². The van der Waals surface area contributed by atoms with E-state index in [0.29, 0.717) is 0 Å². The zero-order chi connectivity index (χ0) is 11.5. The Morgan fingerprint density at radius 2 is 2.27 bits per heavy atom. The van der Waals surface area contributed by atoms with Crippen molar-refractivity contribution >= 4 is 5.76 Å². The maximum atomic E-state index is 11.9. The molecule has 0 bridgehead atoms. The average Bonchev–Trinajstić information content (AvgIpc) is 2.61. The number of nitrogens with zero attached hydrogens (tertiary/aromatic N) is 3. The highest BCUT2D eigenvalue weighted by Gasteiger charge is 2.26. The van der Waals surface area contributed by atoms with Crippen LogP contribution in [0.15, 0.2) is 12.9 Å². The summed E-state index contributed by atoms with van der Waals surface area (Å²) < 4.78 is 41.5. The predicted molar refractivity (Wildman–Crippen MR) is 46.7 cm³/mol. The maximum absolute atomic E-state index is 11.9. The number of halogens is 3. The number of ether oxygens (including phenoxy) is 1. The van der Waals surface area contributed by atoms with Gasteiger partial charge in [0.05, 0.1) is 20.1 Å². The van der Waals surface area contributed by atoms with E-state index >= 15 is 0 Å². The van der Waals surface area contributed by atoms with Gasteiger partial charge in [-0.1, -0.05) is 6.58 Å². The van der Waals surface area contributed by atoms with E-state index in [4.69, 9.17) is 4.74 Å². The van der Waals surface area contributed by atoms with Crippen LogP contribution in [0, 0.1) is 0 Å². The SMILES string of the molecule is C=C(OC)c1ncn(CCC(F)(F)F)n1. The van der Waals surface area contributed by atoms with Gasteiger partial charge < -0.3 is 4.74 Å². The van der Waals surface area contributed by atoms with E-state index in [1.807, 2.05) is 0 Å². The second kappa shape index (κ2) is 4.33. The molecule has 0 atom stereocenters. The van der Waals surface area contributed by atoms with E-state index in [1.54, 1.807) is 0 Å². The quantitative estimate of drug-likeness (QED) is 0.728. The summed E-state index contributed by atoms with van der Waals surface area (Å²) >= 11 is 0. The second-order valence-electron chi connectivity index (χ2n) is 2.82. The van der Waals surface area contributed by atoms with Gasteiger partial charge in [-0.05, 0) is 0 Å². The summed E-state index contributed by atoms with van der Waals surface area (Å²) in [6, 6.07) is 0. The van der Waals surface area contributed by atoms with Crippen LogP contribution in [0.1, 0.15) is 12.2 Å². The van der Waals surface area contributed by atoms with Gasteiger partial charge in [-0.2, -0.15) is 13.2 Å². The first-order chi connectivity index (χ1) is 6.92. The molecule has 7 heteroatoms. The van der Waals surface area contributed by atoms with Gasteiger partial charge in [-0.15, -0.1) is 5.10 Å². The molecule has 0 radical (unpaired) electrons. The van der Waals surface area contributed by atoms with Crippen LogP contribution in [0.5, 0.6) is 0 Å². The van der Waals surface area contributed by atoms with Crippen molar-refractivity contribution in [3.8, 4) is 0 Å². The van der Waals surface area contributed by atoms with Crippen LogP contribution < -0.4 is 0 Å². The average molecular weight is 221 g/mol. The molecule has 0 spiro atoms. The van der Waals surface area contributed by atoms with Crippen LogP contribution in [-0.4, -0.2) is 28.1 Å². The molecular formula is C8H10F3N3O. The molecule has 1 aromatic rings. The molecule has 0 unspecified atom stereocenters. The van der Waals surface area contributed by atoms with Gasteiger partial charge in [-0.3, -0.25) is 4.68 Å². The van der Waals surface area contributed by atoms with Crippen LogP contribution in [0.3, 0.4) is 0 Å². The minimum Gasteiger partial charge on any atom is -0.493 e. The Labute approximate surface area is 84.4 Å². The first-order valence-electron chi connectivity index (χ1n) is 4.12. The summed E-state index contributed by atoms with van der Waals surface area (Å²) in [4.78, 5) is 3.75. The number of hydrogen-bond donors (Lipinski definition) is 0. The van der Waals surface area contributed by atoms with Gasteiger partial charge in [0.15, 0.2) is 5.76 Å². The van der Waals surface area contributed by atoms with Crippen molar-refractivity contribution in [2.24, 2.45) is 0 Å². The van der Waals surface area contributed by atoms with Crippen molar-refractivity contribution in [3.63, 3.8) is 0 Å². The van der Waals surface area contributed by atoms with Gasteiger partial charge in [0.25, 0.3) is 0 Å². The number of alkyl halides is 3. The zero-order valence-electron chi connectivity index (χ0n) is 8.08. The molecular weight excluding hydrogens is 211 g/mol. The topological polar surface area (TPSA) is 39.9 Å². The van der Waals surface area contributed by atoms with Crippen molar-refractivity contribution in [1.29, 1.82) is 0 Å². The van der Waals surface area contributed by atoms with Gasteiger partial charge in [0.2, 0.25) is 5.82 Å². The number of hydrogen-bond acceptors (Lipinski definition) is 3.